The summed E-state index contributed by atoms with van der Waals surface area (Å²) in [7, 11) is -1.95. The van der Waals surface area contributed by atoms with E-state index < -0.39 is 15.6 Å². The van der Waals surface area contributed by atoms with Gasteiger partial charge in [-0.2, -0.15) is 0 Å². The van der Waals surface area contributed by atoms with Crippen LogP contribution in [0.15, 0.2) is 5.16 Å². The number of oxime groups is 1. The SMILES string of the molecule is COCCCS(=O)(=O)NC1(C(N)=NO)CCCCCC1. The van der Waals surface area contributed by atoms with Crippen LogP contribution in [0.1, 0.15) is 44.9 Å². The van der Waals surface area contributed by atoms with E-state index >= 15 is 0 Å². The van der Waals surface area contributed by atoms with Crippen LogP contribution < -0.4 is 10.5 Å². The molecule has 1 aliphatic carbocycles. The van der Waals surface area contributed by atoms with E-state index in [-0.39, 0.29) is 11.6 Å². The molecule has 8 heteroatoms. The molecule has 0 aromatic carbocycles. The molecule has 1 saturated carbocycles. The van der Waals surface area contributed by atoms with Crippen molar-refractivity contribution in [2.24, 2.45) is 10.9 Å². The minimum Gasteiger partial charge on any atom is -0.409 e. The van der Waals surface area contributed by atoms with Gasteiger partial charge in [0.25, 0.3) is 0 Å². The van der Waals surface area contributed by atoms with Crippen LogP contribution in [0.3, 0.4) is 0 Å². The smallest absolute Gasteiger partial charge is 0.212 e. The Bertz CT molecular complexity index is 414. The number of methoxy groups -OCH3 is 1. The topological polar surface area (TPSA) is 114 Å². The van der Waals surface area contributed by atoms with Crippen LogP contribution in [0.5, 0.6) is 0 Å². The third-order valence-electron chi connectivity index (χ3n) is 3.67. The van der Waals surface area contributed by atoms with Crippen molar-refractivity contribution in [3.8, 4) is 0 Å². The van der Waals surface area contributed by atoms with Crippen LogP contribution in [0, 0.1) is 0 Å². The monoisotopic (exact) mass is 307 g/mol. The van der Waals surface area contributed by atoms with E-state index in [9.17, 15) is 8.42 Å². The van der Waals surface area contributed by atoms with Gasteiger partial charge in [-0.25, -0.2) is 13.1 Å². The van der Waals surface area contributed by atoms with Crippen molar-refractivity contribution in [1.82, 2.24) is 4.72 Å². The Morgan fingerprint density at radius 3 is 2.45 bits per heavy atom. The van der Waals surface area contributed by atoms with Crippen LogP contribution in [-0.2, 0) is 14.8 Å². The predicted molar refractivity (Wildman–Crippen MR) is 77.3 cm³/mol. The quantitative estimate of drug-likeness (QED) is 0.161. The summed E-state index contributed by atoms with van der Waals surface area (Å²) >= 11 is 0. The maximum Gasteiger partial charge on any atom is 0.212 e. The molecule has 0 amide bonds. The number of sulfonamides is 1. The molecule has 0 aliphatic heterocycles. The van der Waals surface area contributed by atoms with E-state index in [0.717, 1.165) is 25.7 Å². The van der Waals surface area contributed by atoms with Crippen molar-refractivity contribution in [2.45, 2.75) is 50.5 Å². The number of amidine groups is 1. The average Bonchev–Trinajstić information content (AvgIpc) is 2.64. The highest BCUT2D eigenvalue weighted by Crippen LogP contribution is 2.28. The molecule has 0 radical (unpaired) electrons. The molecule has 0 saturated heterocycles. The summed E-state index contributed by atoms with van der Waals surface area (Å²) < 4.78 is 31.8. The van der Waals surface area contributed by atoms with Gasteiger partial charge >= 0.3 is 0 Å². The maximum atomic E-state index is 12.2. The van der Waals surface area contributed by atoms with Gasteiger partial charge in [0.2, 0.25) is 10.0 Å². The summed E-state index contributed by atoms with van der Waals surface area (Å²) in [6.45, 7) is 0.386. The molecule has 0 heterocycles. The first-order valence-electron chi connectivity index (χ1n) is 6.94. The van der Waals surface area contributed by atoms with Crippen LogP contribution in [-0.4, -0.2) is 44.5 Å². The number of ether oxygens (including phenoxy) is 1. The van der Waals surface area contributed by atoms with Gasteiger partial charge in [0.05, 0.1) is 11.3 Å². The molecule has 4 N–H and O–H groups in total. The molecule has 7 nitrogen and oxygen atoms in total. The molecule has 1 aliphatic rings. The first kappa shape index (κ1) is 17.2. The lowest BCUT2D eigenvalue weighted by Gasteiger charge is -2.32. The number of hydrogen-bond donors (Lipinski definition) is 3. The molecule has 0 spiro atoms. The van der Waals surface area contributed by atoms with Gasteiger partial charge in [-0.05, 0) is 19.3 Å². The Labute approximate surface area is 120 Å². The zero-order chi connectivity index (χ0) is 15.1. The Balaban J connectivity index is 2.84. The van der Waals surface area contributed by atoms with Crippen molar-refractivity contribution in [3.63, 3.8) is 0 Å². The Kier molecular flexibility index (Phi) is 6.70. The summed E-state index contributed by atoms with van der Waals surface area (Å²) in [5.74, 6) is -0.0730. The van der Waals surface area contributed by atoms with Crippen LogP contribution in [0.25, 0.3) is 0 Å². The van der Waals surface area contributed by atoms with Gasteiger partial charge in [-0.3, -0.25) is 0 Å². The van der Waals surface area contributed by atoms with E-state index in [1.54, 1.807) is 0 Å². The molecule has 118 valence electrons. The van der Waals surface area contributed by atoms with Crippen molar-refractivity contribution >= 4 is 15.9 Å². The third-order valence-corrected chi connectivity index (χ3v) is 5.20. The zero-order valence-electron chi connectivity index (χ0n) is 12.0. The van der Waals surface area contributed by atoms with Crippen LogP contribution >= 0.6 is 0 Å². The molecule has 0 atom stereocenters. The van der Waals surface area contributed by atoms with Crippen molar-refractivity contribution in [3.05, 3.63) is 0 Å². The lowest BCUT2D eigenvalue weighted by Crippen LogP contribution is -2.57. The highest BCUT2D eigenvalue weighted by Gasteiger charge is 2.39. The lowest BCUT2D eigenvalue weighted by atomic mass is 9.90. The number of hydrogen-bond acceptors (Lipinski definition) is 5. The predicted octanol–water partition coefficient (Wildman–Crippen LogP) is 0.782. The second-order valence-corrected chi connectivity index (χ2v) is 7.09. The van der Waals surface area contributed by atoms with Crippen molar-refractivity contribution in [2.75, 3.05) is 19.5 Å². The summed E-state index contributed by atoms with van der Waals surface area (Å²) in [4.78, 5) is 0. The highest BCUT2D eigenvalue weighted by atomic mass is 32.2. The molecule has 0 aromatic rings. The first-order chi connectivity index (χ1) is 9.46. The summed E-state index contributed by atoms with van der Waals surface area (Å²) in [6.07, 6.45) is 5.32. The zero-order valence-corrected chi connectivity index (χ0v) is 12.8. The van der Waals surface area contributed by atoms with Gasteiger partial charge in [-0.15, -0.1) is 0 Å². The molecule has 0 aromatic heterocycles. The second kappa shape index (κ2) is 7.80. The van der Waals surface area contributed by atoms with Gasteiger partial charge in [0, 0.05) is 13.7 Å². The van der Waals surface area contributed by atoms with Crippen LogP contribution in [0.4, 0.5) is 0 Å². The molecule has 1 fully saturated rings. The Hall–Kier alpha value is -0.860. The molecule has 1 rings (SSSR count). The molecule has 20 heavy (non-hydrogen) atoms. The first-order valence-corrected chi connectivity index (χ1v) is 8.59. The van der Waals surface area contributed by atoms with E-state index in [0.29, 0.717) is 25.9 Å². The molecule has 0 unspecified atom stereocenters. The average molecular weight is 307 g/mol. The Morgan fingerprint density at radius 1 is 1.35 bits per heavy atom. The fourth-order valence-corrected chi connectivity index (χ4v) is 4.08. The van der Waals surface area contributed by atoms with Crippen molar-refractivity contribution in [1.29, 1.82) is 0 Å². The third kappa shape index (κ3) is 4.92. The standard InChI is InChI=1S/C12H25N3O4S/c1-19-9-6-10-20(17,18)15-12(11(13)14-16)7-4-2-3-5-8-12/h15-16H,2-10H2,1H3,(H2,13,14). The normalized spacial score (nSPS) is 20.6. The maximum absolute atomic E-state index is 12.2. The molecule has 0 bridgehead atoms. The summed E-state index contributed by atoms with van der Waals surface area (Å²) in [6, 6.07) is 0. The van der Waals surface area contributed by atoms with Gasteiger partial charge < -0.3 is 15.7 Å². The lowest BCUT2D eigenvalue weighted by molar-refractivity contribution is 0.199. The van der Waals surface area contributed by atoms with E-state index in [2.05, 4.69) is 9.88 Å². The van der Waals surface area contributed by atoms with Gasteiger partial charge in [-0.1, -0.05) is 30.8 Å². The van der Waals surface area contributed by atoms with E-state index in [1.165, 1.54) is 7.11 Å². The summed E-state index contributed by atoms with van der Waals surface area (Å²) in [5, 5.41) is 12.0. The highest BCUT2D eigenvalue weighted by molar-refractivity contribution is 7.89. The van der Waals surface area contributed by atoms with Gasteiger partial charge in [0.1, 0.15) is 0 Å². The van der Waals surface area contributed by atoms with Crippen LogP contribution in [0.2, 0.25) is 0 Å². The summed E-state index contributed by atoms with van der Waals surface area (Å²) in [5.41, 5.74) is 4.82. The number of nitrogens with two attached hydrogens (primary N) is 1. The number of rotatable bonds is 7. The minimum absolute atomic E-state index is 0.0265. The minimum atomic E-state index is -3.49. The molecular weight excluding hydrogens is 282 g/mol. The largest absolute Gasteiger partial charge is 0.409 e. The number of nitrogens with zero attached hydrogens (tertiary/aromatic N) is 1. The Morgan fingerprint density at radius 2 is 1.95 bits per heavy atom. The van der Waals surface area contributed by atoms with E-state index in [4.69, 9.17) is 15.7 Å². The van der Waals surface area contributed by atoms with E-state index in [1.807, 2.05) is 0 Å². The van der Waals surface area contributed by atoms with Crippen molar-refractivity contribution < 1.29 is 18.4 Å². The second-order valence-electron chi connectivity index (χ2n) is 5.25. The van der Waals surface area contributed by atoms with Gasteiger partial charge in [0.15, 0.2) is 5.84 Å². The fraction of sp³-hybridized carbons (Fsp3) is 0.917. The number of nitrogens with one attached hydrogen (secondary N) is 1. The molecular formula is C12H25N3O4S. The fourth-order valence-electron chi connectivity index (χ4n) is 2.58.